The highest BCUT2D eigenvalue weighted by atomic mass is 35.5. The van der Waals surface area contributed by atoms with Gasteiger partial charge >= 0.3 is 0 Å². The Morgan fingerprint density at radius 1 is 0.912 bits per heavy atom. The highest BCUT2D eigenvalue weighted by molar-refractivity contribution is 6.36. The van der Waals surface area contributed by atoms with Gasteiger partial charge in [-0.3, -0.25) is 4.79 Å². The average molecular weight is 538 g/mol. The van der Waals surface area contributed by atoms with Gasteiger partial charge in [0.25, 0.3) is 0 Å². The number of anilines is 1. The number of hydrogen-bond donors (Lipinski definition) is 0. The number of carbonyl (C=O) groups excluding carboxylic acids is 1. The van der Waals surface area contributed by atoms with Crippen LogP contribution in [0.3, 0.4) is 0 Å². The zero-order chi connectivity index (χ0) is 24.2. The van der Waals surface area contributed by atoms with Crippen molar-refractivity contribution >= 4 is 58.0 Å². The predicted molar refractivity (Wildman–Crippen MR) is 141 cm³/mol. The minimum absolute atomic E-state index is 0.0186. The third-order valence-corrected chi connectivity index (χ3v) is 7.04. The van der Waals surface area contributed by atoms with Crippen molar-refractivity contribution < 1.29 is 9.53 Å². The molecule has 178 valence electrons. The molecule has 3 aromatic rings. The van der Waals surface area contributed by atoms with Gasteiger partial charge < -0.3 is 14.5 Å². The first-order chi connectivity index (χ1) is 16.4. The molecule has 0 bridgehead atoms. The number of ether oxygens (including phenoxy) is 1. The number of piperazine rings is 1. The van der Waals surface area contributed by atoms with Crippen LogP contribution in [-0.4, -0.2) is 43.7 Å². The quantitative estimate of drug-likeness (QED) is 0.341. The van der Waals surface area contributed by atoms with Gasteiger partial charge in [0, 0.05) is 35.3 Å². The summed E-state index contributed by atoms with van der Waals surface area (Å²) in [6, 6.07) is 20.1. The fourth-order valence-electron chi connectivity index (χ4n) is 4.53. The molecular formula is C26H24Cl4N2O2. The van der Waals surface area contributed by atoms with Crippen molar-refractivity contribution in [3.63, 3.8) is 0 Å². The van der Waals surface area contributed by atoms with Gasteiger partial charge in [0.15, 0.2) is 0 Å². The van der Waals surface area contributed by atoms with Gasteiger partial charge in [-0.1, -0.05) is 70.7 Å². The molecule has 1 aliphatic rings. The van der Waals surface area contributed by atoms with Crippen LogP contribution in [0.2, 0.25) is 20.1 Å². The van der Waals surface area contributed by atoms with Gasteiger partial charge in [-0.05, 0) is 53.6 Å². The van der Waals surface area contributed by atoms with E-state index in [9.17, 15) is 4.79 Å². The molecule has 0 spiro atoms. The lowest BCUT2D eigenvalue weighted by Gasteiger charge is -2.49. The van der Waals surface area contributed by atoms with Crippen molar-refractivity contribution in [3.8, 4) is 0 Å². The fraction of sp³-hybridized carbons (Fsp3) is 0.269. The molecule has 4 rings (SSSR count). The fourth-order valence-corrected chi connectivity index (χ4v) is 5.39. The summed E-state index contributed by atoms with van der Waals surface area (Å²) in [5, 5.41) is 2.38. The number of rotatable bonds is 6. The summed E-state index contributed by atoms with van der Waals surface area (Å²) < 4.78 is 5.62. The molecule has 34 heavy (non-hydrogen) atoms. The number of amides is 1. The Balaban J connectivity index is 1.72. The van der Waals surface area contributed by atoms with Crippen molar-refractivity contribution in [1.82, 2.24) is 4.90 Å². The second-order valence-corrected chi connectivity index (χ2v) is 9.92. The number of hydrogen-bond acceptors (Lipinski definition) is 3. The maximum Gasteiger partial charge on any atom is 0.227 e. The molecule has 1 heterocycles. The summed E-state index contributed by atoms with van der Waals surface area (Å²) >= 11 is 25.1. The van der Waals surface area contributed by atoms with Crippen molar-refractivity contribution in [2.24, 2.45) is 0 Å². The van der Waals surface area contributed by atoms with Crippen LogP contribution in [0.15, 0.2) is 66.7 Å². The van der Waals surface area contributed by atoms with Gasteiger partial charge in [0.1, 0.15) is 0 Å². The van der Waals surface area contributed by atoms with Crippen LogP contribution in [0.25, 0.3) is 0 Å². The zero-order valence-electron chi connectivity index (χ0n) is 18.6. The van der Waals surface area contributed by atoms with Crippen molar-refractivity contribution in [3.05, 3.63) is 97.9 Å². The molecule has 0 unspecified atom stereocenters. The van der Waals surface area contributed by atoms with E-state index in [4.69, 9.17) is 51.1 Å². The Bertz CT molecular complexity index is 1160. The minimum atomic E-state index is -0.252. The summed E-state index contributed by atoms with van der Waals surface area (Å²) in [5.41, 5.74) is 2.74. The highest BCUT2D eigenvalue weighted by Gasteiger charge is 2.40. The summed E-state index contributed by atoms with van der Waals surface area (Å²) in [5.74, 6) is 0.0186. The van der Waals surface area contributed by atoms with Gasteiger partial charge in [-0.25, -0.2) is 0 Å². The maximum atomic E-state index is 13.5. The predicted octanol–water partition coefficient (Wildman–Crippen LogP) is 6.95. The summed E-state index contributed by atoms with van der Waals surface area (Å²) in [4.78, 5) is 17.6. The molecule has 1 aliphatic heterocycles. The lowest BCUT2D eigenvalue weighted by molar-refractivity contribution is -0.135. The number of carbonyl (C=O) groups is 1. The van der Waals surface area contributed by atoms with Gasteiger partial charge in [0.2, 0.25) is 5.91 Å². The van der Waals surface area contributed by atoms with Crippen LogP contribution >= 0.6 is 46.4 Å². The Morgan fingerprint density at radius 2 is 1.62 bits per heavy atom. The maximum absolute atomic E-state index is 13.5. The van der Waals surface area contributed by atoms with Gasteiger partial charge in [-0.2, -0.15) is 0 Å². The Kier molecular flexibility index (Phi) is 8.28. The molecule has 0 N–H and O–H groups in total. The topological polar surface area (TPSA) is 32.8 Å². The summed E-state index contributed by atoms with van der Waals surface area (Å²) in [6.07, 6.45) is 0.260. The van der Waals surface area contributed by atoms with Crippen molar-refractivity contribution in [2.45, 2.75) is 18.5 Å². The Labute approximate surface area is 219 Å². The van der Waals surface area contributed by atoms with E-state index in [0.29, 0.717) is 39.8 Å². The van der Waals surface area contributed by atoms with E-state index in [1.54, 1.807) is 19.2 Å². The van der Waals surface area contributed by atoms with E-state index in [2.05, 4.69) is 4.90 Å². The molecule has 0 aromatic heterocycles. The first-order valence-electron chi connectivity index (χ1n) is 10.9. The van der Waals surface area contributed by atoms with Crippen LogP contribution in [0.5, 0.6) is 0 Å². The average Bonchev–Trinajstić information content (AvgIpc) is 2.80. The SMILES string of the molecule is COC[C@H]1[C@H](c2ccc(Cl)cc2)N(c2ccc(Cl)cc2Cl)CCN1C(=O)Cc1cccc(Cl)c1. The van der Waals surface area contributed by atoms with Gasteiger partial charge in [0.05, 0.1) is 35.8 Å². The van der Waals surface area contributed by atoms with E-state index in [1.807, 2.05) is 59.5 Å². The third-order valence-electron chi connectivity index (χ3n) is 6.02. The first kappa shape index (κ1) is 25.2. The number of nitrogens with zero attached hydrogens (tertiary/aromatic N) is 2. The molecule has 1 fully saturated rings. The first-order valence-corrected chi connectivity index (χ1v) is 12.4. The van der Waals surface area contributed by atoms with E-state index in [-0.39, 0.29) is 24.4 Å². The molecule has 0 radical (unpaired) electrons. The van der Waals surface area contributed by atoms with Crippen LogP contribution in [-0.2, 0) is 16.0 Å². The van der Waals surface area contributed by atoms with Gasteiger partial charge in [-0.15, -0.1) is 0 Å². The molecule has 8 heteroatoms. The molecule has 1 saturated heterocycles. The van der Waals surface area contributed by atoms with E-state index < -0.39 is 0 Å². The number of halogens is 4. The van der Waals surface area contributed by atoms with E-state index >= 15 is 0 Å². The molecular weight excluding hydrogens is 514 g/mol. The number of methoxy groups -OCH3 is 1. The third kappa shape index (κ3) is 5.64. The van der Waals surface area contributed by atoms with Crippen LogP contribution in [0, 0.1) is 0 Å². The van der Waals surface area contributed by atoms with Crippen molar-refractivity contribution in [1.29, 1.82) is 0 Å². The second kappa shape index (κ2) is 11.2. The molecule has 0 aliphatic carbocycles. The highest BCUT2D eigenvalue weighted by Crippen LogP contribution is 2.40. The monoisotopic (exact) mass is 536 g/mol. The minimum Gasteiger partial charge on any atom is -0.382 e. The molecule has 0 saturated carbocycles. The largest absolute Gasteiger partial charge is 0.382 e. The number of benzene rings is 3. The van der Waals surface area contributed by atoms with E-state index in [1.165, 1.54) is 0 Å². The standard InChI is InChI=1S/C26H24Cl4N2O2/c1-34-16-24-26(18-5-7-19(27)8-6-18)32(23-10-9-21(29)15-22(23)30)12-11-31(24)25(33)14-17-3-2-4-20(28)13-17/h2-10,13,15,24,26H,11-12,14,16H2,1H3/t24-,26-/m0/s1. The Hall–Kier alpha value is -1.95. The summed E-state index contributed by atoms with van der Waals surface area (Å²) in [7, 11) is 1.65. The molecule has 2 atom stereocenters. The second-order valence-electron chi connectivity index (χ2n) is 8.20. The zero-order valence-corrected chi connectivity index (χ0v) is 21.6. The molecule has 1 amide bonds. The lowest BCUT2D eigenvalue weighted by atomic mass is 9.92. The van der Waals surface area contributed by atoms with Crippen LogP contribution in [0.1, 0.15) is 17.2 Å². The smallest absolute Gasteiger partial charge is 0.227 e. The normalized spacial score (nSPS) is 18.3. The van der Waals surface area contributed by atoms with E-state index in [0.717, 1.165) is 16.8 Å². The Morgan fingerprint density at radius 3 is 2.29 bits per heavy atom. The summed E-state index contributed by atoms with van der Waals surface area (Å²) in [6.45, 7) is 1.48. The van der Waals surface area contributed by atoms with Crippen molar-refractivity contribution in [2.75, 3.05) is 31.7 Å². The lowest BCUT2D eigenvalue weighted by Crippen LogP contribution is -2.59. The molecule has 4 nitrogen and oxygen atoms in total. The van der Waals surface area contributed by atoms with Crippen LogP contribution < -0.4 is 4.90 Å². The molecule has 3 aromatic carbocycles. The van der Waals surface area contributed by atoms with Crippen LogP contribution in [0.4, 0.5) is 5.69 Å².